The molecule has 0 aliphatic rings. The molecule has 0 aliphatic carbocycles. The molecule has 0 aliphatic heterocycles. The van der Waals surface area contributed by atoms with E-state index in [0.717, 1.165) is 5.56 Å². The van der Waals surface area contributed by atoms with Crippen molar-refractivity contribution in [1.29, 1.82) is 0 Å². The number of carboxylic acids is 1. The molecule has 1 aromatic rings. The number of nitrogens with two attached hydrogens (primary N) is 1. The van der Waals surface area contributed by atoms with E-state index >= 15 is 0 Å². The van der Waals surface area contributed by atoms with E-state index in [1.807, 2.05) is 51.1 Å². The Morgan fingerprint density at radius 2 is 1.44 bits per heavy atom. The summed E-state index contributed by atoms with van der Waals surface area (Å²) in [4.78, 5) is 74.9. The molecule has 0 aromatic heterocycles. The number of carboxylic acid groups (broad SMARTS) is 1. The second kappa shape index (κ2) is 18.8. The topological polar surface area (TPSA) is 209 Å². The van der Waals surface area contributed by atoms with Crippen LogP contribution < -0.4 is 32.3 Å². The number of thiol groups is 1. The van der Waals surface area contributed by atoms with Crippen LogP contribution >= 0.6 is 12.6 Å². The number of hydrogen-bond acceptors (Lipinski definition) is 8. The number of hydrogen-bond donors (Lipinski definition) is 8. The first-order chi connectivity index (χ1) is 20.2. The van der Waals surface area contributed by atoms with Crippen molar-refractivity contribution in [3.63, 3.8) is 0 Å². The predicted octanol–water partition coefficient (Wildman–Crippen LogP) is -0.262. The van der Waals surface area contributed by atoms with Gasteiger partial charge in [0.25, 0.3) is 0 Å². The third kappa shape index (κ3) is 13.5. The van der Waals surface area contributed by atoms with Crippen LogP contribution in [0.25, 0.3) is 0 Å². The minimum atomic E-state index is -1.18. The van der Waals surface area contributed by atoms with Gasteiger partial charge >= 0.3 is 5.97 Å². The van der Waals surface area contributed by atoms with E-state index in [9.17, 15) is 33.9 Å². The number of amides is 5. The average molecular weight is 623 g/mol. The Bertz CT molecular complexity index is 1100. The van der Waals surface area contributed by atoms with E-state index in [1.54, 1.807) is 6.92 Å². The number of nitrogens with one attached hydrogen (secondary N) is 5. The summed E-state index contributed by atoms with van der Waals surface area (Å²) in [5.41, 5.74) is 6.89. The van der Waals surface area contributed by atoms with Gasteiger partial charge in [0.2, 0.25) is 29.5 Å². The quantitative estimate of drug-likeness (QED) is 0.102. The van der Waals surface area contributed by atoms with E-state index in [2.05, 4.69) is 39.2 Å². The van der Waals surface area contributed by atoms with E-state index in [4.69, 9.17) is 5.73 Å². The Morgan fingerprint density at radius 3 is 1.98 bits per heavy atom. The largest absolute Gasteiger partial charge is 0.480 e. The number of carbonyl (C=O) groups excluding carboxylic acids is 5. The first-order valence-corrected chi connectivity index (χ1v) is 14.9. The molecular weight excluding hydrogens is 576 g/mol. The van der Waals surface area contributed by atoms with Crippen molar-refractivity contribution in [3.8, 4) is 0 Å². The fourth-order valence-electron chi connectivity index (χ4n) is 4.01. The van der Waals surface area contributed by atoms with Crippen LogP contribution in [-0.2, 0) is 35.2 Å². The summed E-state index contributed by atoms with van der Waals surface area (Å²) < 4.78 is 0. The van der Waals surface area contributed by atoms with E-state index < -0.39 is 72.3 Å². The summed E-state index contributed by atoms with van der Waals surface area (Å²) in [5, 5.41) is 21.8. The van der Waals surface area contributed by atoms with Gasteiger partial charge in [-0.1, -0.05) is 64.4 Å². The van der Waals surface area contributed by atoms with Crippen molar-refractivity contribution in [1.82, 2.24) is 26.6 Å². The van der Waals surface area contributed by atoms with Gasteiger partial charge in [-0.25, -0.2) is 4.79 Å². The van der Waals surface area contributed by atoms with Gasteiger partial charge in [0.15, 0.2) is 0 Å². The summed E-state index contributed by atoms with van der Waals surface area (Å²) in [6.07, 6.45) is 1.01. The van der Waals surface area contributed by atoms with Gasteiger partial charge in [-0.2, -0.15) is 12.6 Å². The van der Waals surface area contributed by atoms with Crippen LogP contribution in [0, 0.1) is 11.8 Å². The molecule has 0 spiro atoms. The van der Waals surface area contributed by atoms with Crippen LogP contribution in [-0.4, -0.2) is 83.1 Å². The zero-order valence-electron chi connectivity index (χ0n) is 25.4. The molecule has 14 heteroatoms. The Balaban J connectivity index is 2.72. The van der Waals surface area contributed by atoms with Crippen molar-refractivity contribution in [2.75, 3.05) is 12.3 Å². The van der Waals surface area contributed by atoms with Gasteiger partial charge in [0.05, 0.1) is 12.6 Å². The van der Waals surface area contributed by atoms with Crippen molar-refractivity contribution < 1.29 is 33.9 Å². The Labute approximate surface area is 258 Å². The molecule has 5 amide bonds. The van der Waals surface area contributed by atoms with Gasteiger partial charge in [-0.05, 0) is 37.2 Å². The van der Waals surface area contributed by atoms with Crippen LogP contribution in [0.2, 0.25) is 0 Å². The smallest absolute Gasteiger partial charge is 0.326 e. The minimum Gasteiger partial charge on any atom is -0.480 e. The van der Waals surface area contributed by atoms with Gasteiger partial charge in [0, 0.05) is 5.75 Å². The van der Waals surface area contributed by atoms with Gasteiger partial charge in [-0.3, -0.25) is 24.0 Å². The van der Waals surface area contributed by atoms with Gasteiger partial charge < -0.3 is 37.4 Å². The SMILES string of the molecule is CC[C@H](C)[C@H](NC(=O)[C@H](CS)NC(=O)[C@@H](N)Cc1ccccc1)C(=O)NCC(=O)N[C@@H](C)C(=O)N[C@@H](CC(C)C)C(=O)O. The van der Waals surface area contributed by atoms with Crippen LogP contribution in [0.3, 0.4) is 0 Å². The highest BCUT2D eigenvalue weighted by atomic mass is 32.1. The molecule has 6 atom stereocenters. The number of aliphatic carboxylic acids is 1. The standard InChI is InChI=1S/C29H46N6O7S/c1-6-17(4)24(35-27(39)22(15-43)34-26(38)20(30)13-19-10-8-7-9-11-19)28(40)31-14-23(36)32-18(5)25(37)33-21(29(41)42)12-16(2)3/h7-11,16-18,20-22,24,43H,6,12-15,30H2,1-5H3,(H,31,40)(H,32,36)(H,33,37)(H,34,38)(H,35,39)(H,41,42)/t17-,18-,20-,21-,22-,24-/m0/s1. The lowest BCUT2D eigenvalue weighted by molar-refractivity contribution is -0.142. The highest BCUT2D eigenvalue weighted by molar-refractivity contribution is 7.80. The summed E-state index contributed by atoms with van der Waals surface area (Å²) in [5.74, 6) is -4.72. The van der Waals surface area contributed by atoms with E-state index in [-0.39, 0.29) is 30.4 Å². The monoisotopic (exact) mass is 622 g/mol. The van der Waals surface area contributed by atoms with Crippen molar-refractivity contribution in [3.05, 3.63) is 35.9 Å². The summed E-state index contributed by atoms with van der Waals surface area (Å²) in [6, 6.07) is 4.02. The van der Waals surface area contributed by atoms with Crippen molar-refractivity contribution in [2.45, 2.75) is 84.1 Å². The summed E-state index contributed by atoms with van der Waals surface area (Å²) in [7, 11) is 0. The normalized spacial score (nSPS) is 15.2. The Hall–Kier alpha value is -3.65. The number of rotatable bonds is 18. The third-order valence-corrected chi connectivity index (χ3v) is 7.12. The van der Waals surface area contributed by atoms with Gasteiger partial charge in [0.1, 0.15) is 24.2 Å². The molecule has 0 saturated carbocycles. The zero-order valence-corrected chi connectivity index (χ0v) is 26.3. The highest BCUT2D eigenvalue weighted by Gasteiger charge is 2.31. The second-order valence-corrected chi connectivity index (χ2v) is 11.3. The highest BCUT2D eigenvalue weighted by Crippen LogP contribution is 2.09. The minimum absolute atomic E-state index is 0.0250. The molecule has 43 heavy (non-hydrogen) atoms. The van der Waals surface area contributed by atoms with Crippen molar-refractivity contribution in [2.24, 2.45) is 17.6 Å². The fourth-order valence-corrected chi connectivity index (χ4v) is 4.27. The van der Waals surface area contributed by atoms with Crippen molar-refractivity contribution >= 4 is 48.1 Å². The molecule has 13 nitrogen and oxygen atoms in total. The summed E-state index contributed by atoms with van der Waals surface area (Å²) >= 11 is 4.18. The third-order valence-electron chi connectivity index (χ3n) is 6.76. The van der Waals surface area contributed by atoms with E-state index in [0.29, 0.717) is 6.42 Å². The molecule has 240 valence electrons. The molecule has 0 unspecified atom stereocenters. The van der Waals surface area contributed by atoms with Crippen LogP contribution in [0.15, 0.2) is 30.3 Å². The lowest BCUT2D eigenvalue weighted by Gasteiger charge is -2.26. The molecule has 0 fully saturated rings. The molecule has 1 rings (SSSR count). The molecule has 0 bridgehead atoms. The molecule has 8 N–H and O–H groups in total. The first-order valence-electron chi connectivity index (χ1n) is 14.3. The lowest BCUT2D eigenvalue weighted by Crippen LogP contribution is -2.58. The fraction of sp³-hybridized carbons (Fsp3) is 0.586. The molecular formula is C29H46N6O7S. The van der Waals surface area contributed by atoms with Crippen LogP contribution in [0.5, 0.6) is 0 Å². The number of benzene rings is 1. The second-order valence-electron chi connectivity index (χ2n) is 10.9. The maximum atomic E-state index is 13.0. The molecule has 1 aromatic carbocycles. The number of carbonyl (C=O) groups is 6. The van der Waals surface area contributed by atoms with Crippen LogP contribution in [0.4, 0.5) is 0 Å². The lowest BCUT2D eigenvalue weighted by atomic mass is 9.98. The maximum absolute atomic E-state index is 13.0. The molecule has 0 saturated heterocycles. The zero-order chi connectivity index (χ0) is 32.7. The maximum Gasteiger partial charge on any atom is 0.326 e. The molecule has 0 heterocycles. The Morgan fingerprint density at radius 1 is 0.837 bits per heavy atom. The Kier molecular flexibility index (Phi) is 16.3. The van der Waals surface area contributed by atoms with E-state index in [1.165, 1.54) is 6.92 Å². The van der Waals surface area contributed by atoms with Gasteiger partial charge in [-0.15, -0.1) is 0 Å². The average Bonchev–Trinajstić information content (AvgIpc) is 2.96. The van der Waals surface area contributed by atoms with Crippen LogP contribution in [0.1, 0.15) is 53.0 Å². The predicted molar refractivity (Wildman–Crippen MR) is 165 cm³/mol. The summed E-state index contributed by atoms with van der Waals surface area (Å²) in [6.45, 7) is 8.12. The first kappa shape index (κ1) is 37.4. The molecule has 0 radical (unpaired) electrons.